The third-order valence-corrected chi connectivity index (χ3v) is 6.61. The van der Waals surface area contributed by atoms with Gasteiger partial charge in [0.25, 0.3) is 11.5 Å². The van der Waals surface area contributed by atoms with Crippen molar-refractivity contribution in [1.29, 1.82) is 0 Å². The number of benzene rings is 2. The van der Waals surface area contributed by atoms with Crippen LogP contribution in [0, 0.1) is 5.82 Å². The Balaban J connectivity index is 1.51. The lowest BCUT2D eigenvalue weighted by Crippen LogP contribution is -2.45. The Morgan fingerprint density at radius 3 is 2.63 bits per heavy atom. The molecular formula is C26H22F4N6O2. The van der Waals surface area contributed by atoms with Crippen molar-refractivity contribution in [3.05, 3.63) is 99.8 Å². The van der Waals surface area contributed by atoms with E-state index < -0.39 is 35.8 Å². The van der Waals surface area contributed by atoms with Gasteiger partial charge in [-0.1, -0.05) is 30.3 Å². The van der Waals surface area contributed by atoms with Crippen molar-refractivity contribution in [1.82, 2.24) is 29.9 Å². The van der Waals surface area contributed by atoms with E-state index in [1.54, 1.807) is 24.3 Å². The maximum Gasteiger partial charge on any atom is 0.451 e. The molecule has 0 saturated carbocycles. The fourth-order valence-corrected chi connectivity index (χ4v) is 4.91. The van der Waals surface area contributed by atoms with Crippen LogP contribution in [-0.2, 0) is 12.6 Å². The van der Waals surface area contributed by atoms with Gasteiger partial charge < -0.3 is 9.47 Å². The van der Waals surface area contributed by atoms with Gasteiger partial charge in [-0.3, -0.25) is 9.59 Å². The molecule has 38 heavy (non-hydrogen) atoms. The summed E-state index contributed by atoms with van der Waals surface area (Å²) in [5.41, 5.74) is 0.524. The van der Waals surface area contributed by atoms with E-state index in [1.807, 2.05) is 0 Å². The second-order valence-corrected chi connectivity index (χ2v) is 9.13. The molecule has 1 amide bonds. The maximum absolute atomic E-state index is 15.0. The molecule has 1 aliphatic heterocycles. The van der Waals surface area contributed by atoms with Crippen LogP contribution in [-0.4, -0.2) is 42.3 Å². The summed E-state index contributed by atoms with van der Waals surface area (Å²) in [6.45, 7) is 5.06. The summed E-state index contributed by atoms with van der Waals surface area (Å²) in [7, 11) is 0. The summed E-state index contributed by atoms with van der Waals surface area (Å²) in [6, 6.07) is 9.28. The molecule has 4 aromatic rings. The lowest BCUT2D eigenvalue weighted by molar-refractivity contribution is -0.148. The summed E-state index contributed by atoms with van der Waals surface area (Å²) in [4.78, 5) is 27.0. The SMILES string of the molecule is C=CCC1c2nnc(C(F)(F)F)n2C(C)CN1C(=O)c1cc(Cc2n[nH]c(=O)c3ccccc23)ccc1F. The normalized spacial score (nSPS) is 17.4. The third-order valence-electron chi connectivity index (χ3n) is 6.61. The summed E-state index contributed by atoms with van der Waals surface area (Å²) in [6.07, 6.45) is -2.95. The van der Waals surface area contributed by atoms with Gasteiger partial charge in [-0.15, -0.1) is 16.8 Å². The number of amides is 1. The minimum Gasteiger partial charge on any atom is -0.326 e. The van der Waals surface area contributed by atoms with Crippen molar-refractivity contribution >= 4 is 16.7 Å². The first kappa shape index (κ1) is 25.3. The van der Waals surface area contributed by atoms with Crippen molar-refractivity contribution in [2.75, 3.05) is 6.54 Å². The monoisotopic (exact) mass is 526 g/mol. The number of aromatic nitrogens is 5. The molecule has 5 rings (SSSR count). The zero-order valence-electron chi connectivity index (χ0n) is 20.2. The Morgan fingerprint density at radius 2 is 1.92 bits per heavy atom. The Hall–Kier alpha value is -4.35. The van der Waals surface area contributed by atoms with Gasteiger partial charge >= 0.3 is 6.18 Å². The minimum absolute atomic E-state index is 0.0372. The van der Waals surface area contributed by atoms with Gasteiger partial charge in [0.05, 0.1) is 28.7 Å². The van der Waals surface area contributed by atoms with Crippen molar-refractivity contribution in [2.45, 2.75) is 38.0 Å². The number of alkyl halides is 3. The Labute approximate surface area is 213 Å². The van der Waals surface area contributed by atoms with Gasteiger partial charge in [0, 0.05) is 18.4 Å². The number of fused-ring (bicyclic) bond motifs is 2. The first-order valence-electron chi connectivity index (χ1n) is 11.8. The zero-order valence-corrected chi connectivity index (χ0v) is 20.2. The molecule has 0 bridgehead atoms. The highest BCUT2D eigenvalue weighted by Crippen LogP contribution is 2.38. The van der Waals surface area contributed by atoms with Gasteiger partial charge in [0.1, 0.15) is 5.82 Å². The molecule has 0 fully saturated rings. The first-order valence-corrected chi connectivity index (χ1v) is 11.8. The molecule has 12 heteroatoms. The molecule has 2 unspecified atom stereocenters. The number of nitrogens with zero attached hydrogens (tertiary/aromatic N) is 5. The van der Waals surface area contributed by atoms with Crippen molar-refractivity contribution in [3.63, 3.8) is 0 Å². The highest BCUT2D eigenvalue weighted by molar-refractivity contribution is 5.95. The van der Waals surface area contributed by atoms with E-state index >= 15 is 0 Å². The molecule has 2 aromatic heterocycles. The van der Waals surface area contributed by atoms with E-state index in [0.717, 1.165) is 10.6 Å². The number of nitrogens with one attached hydrogen (secondary N) is 1. The van der Waals surface area contributed by atoms with Gasteiger partial charge in [0.2, 0.25) is 5.82 Å². The van der Waals surface area contributed by atoms with Crippen LogP contribution in [0.15, 0.2) is 59.9 Å². The van der Waals surface area contributed by atoms with Crippen LogP contribution in [0.1, 0.15) is 58.7 Å². The van der Waals surface area contributed by atoms with Gasteiger partial charge in [-0.25, -0.2) is 9.49 Å². The van der Waals surface area contributed by atoms with Gasteiger partial charge in [-0.2, -0.15) is 18.3 Å². The molecular weight excluding hydrogens is 504 g/mol. The van der Waals surface area contributed by atoms with Crippen LogP contribution >= 0.6 is 0 Å². The van der Waals surface area contributed by atoms with Crippen LogP contribution in [0.4, 0.5) is 17.6 Å². The number of carbonyl (C=O) groups is 1. The van der Waals surface area contributed by atoms with Crippen molar-refractivity contribution in [3.8, 4) is 0 Å². The maximum atomic E-state index is 15.0. The van der Waals surface area contributed by atoms with E-state index in [-0.39, 0.29) is 36.3 Å². The lowest BCUT2D eigenvalue weighted by Gasteiger charge is -2.39. The Morgan fingerprint density at radius 1 is 1.18 bits per heavy atom. The number of halogens is 4. The lowest BCUT2D eigenvalue weighted by atomic mass is 10.00. The van der Waals surface area contributed by atoms with E-state index in [9.17, 15) is 27.2 Å². The zero-order chi connectivity index (χ0) is 27.2. The number of carbonyl (C=O) groups excluding carboxylic acids is 1. The fourth-order valence-electron chi connectivity index (χ4n) is 4.91. The summed E-state index contributed by atoms with van der Waals surface area (Å²) >= 11 is 0. The van der Waals surface area contributed by atoms with Crippen LogP contribution in [0.3, 0.4) is 0 Å². The highest BCUT2D eigenvalue weighted by atomic mass is 19.4. The molecule has 1 aliphatic rings. The van der Waals surface area contributed by atoms with Crippen LogP contribution in [0.25, 0.3) is 10.8 Å². The second-order valence-electron chi connectivity index (χ2n) is 9.13. The first-order chi connectivity index (χ1) is 18.1. The summed E-state index contributed by atoms with van der Waals surface area (Å²) in [5, 5.41) is 14.8. The molecule has 0 spiro atoms. The number of hydrogen-bond acceptors (Lipinski definition) is 5. The average Bonchev–Trinajstić information content (AvgIpc) is 3.35. The second kappa shape index (κ2) is 9.51. The standard InChI is InChI=1S/C26H22F4N6O2/c1-3-6-21-22-32-34-25(26(28,29)30)36(22)14(2)13-35(21)24(38)18-11-15(9-10-19(18)27)12-20-16-7-4-5-8-17(16)23(37)33-31-20/h3-5,7-11,14,21H,1,6,12-13H2,2H3,(H,33,37). The highest BCUT2D eigenvalue weighted by Gasteiger charge is 2.45. The molecule has 2 aromatic carbocycles. The smallest absolute Gasteiger partial charge is 0.326 e. The summed E-state index contributed by atoms with van der Waals surface area (Å²) in [5.74, 6) is -2.64. The average molecular weight is 526 g/mol. The molecule has 0 aliphatic carbocycles. The summed E-state index contributed by atoms with van der Waals surface area (Å²) < 4.78 is 56.5. The fraction of sp³-hybridized carbons (Fsp3) is 0.269. The van der Waals surface area contributed by atoms with Gasteiger partial charge in [0.15, 0.2) is 5.82 Å². The van der Waals surface area contributed by atoms with Crippen LogP contribution < -0.4 is 5.56 Å². The quantitative estimate of drug-likeness (QED) is 0.303. The molecule has 2 atom stereocenters. The molecule has 196 valence electrons. The number of aromatic amines is 1. The van der Waals surface area contributed by atoms with E-state index in [4.69, 9.17) is 0 Å². The molecule has 3 heterocycles. The van der Waals surface area contributed by atoms with Crippen LogP contribution in [0.2, 0.25) is 0 Å². The van der Waals surface area contributed by atoms with Gasteiger partial charge in [-0.05, 0) is 37.1 Å². The van der Waals surface area contributed by atoms with E-state index in [0.29, 0.717) is 22.0 Å². The molecule has 0 saturated heterocycles. The third kappa shape index (κ3) is 4.35. The Bertz CT molecular complexity index is 1610. The van der Waals surface area contributed by atoms with Crippen molar-refractivity contribution in [2.24, 2.45) is 0 Å². The number of hydrogen-bond donors (Lipinski definition) is 1. The minimum atomic E-state index is -4.72. The van der Waals surface area contributed by atoms with E-state index in [1.165, 1.54) is 30.0 Å². The molecule has 0 radical (unpaired) electrons. The molecule has 1 N–H and O–H groups in total. The number of rotatable bonds is 5. The Kier molecular flexibility index (Phi) is 6.33. The topological polar surface area (TPSA) is 96.8 Å². The van der Waals surface area contributed by atoms with Crippen molar-refractivity contribution < 1.29 is 22.4 Å². The predicted molar refractivity (Wildman–Crippen MR) is 130 cm³/mol. The predicted octanol–water partition coefficient (Wildman–Crippen LogP) is 4.60. The van der Waals surface area contributed by atoms with Crippen LogP contribution in [0.5, 0.6) is 0 Å². The van der Waals surface area contributed by atoms with E-state index in [2.05, 4.69) is 27.0 Å². The largest absolute Gasteiger partial charge is 0.451 e. The molecule has 8 nitrogen and oxygen atoms in total. The number of H-pyrrole nitrogens is 1.